The molecule has 5 aromatic rings. The van der Waals surface area contributed by atoms with Crippen molar-refractivity contribution in [2.75, 3.05) is 7.11 Å². The first-order valence-corrected chi connectivity index (χ1v) is 11.2. The van der Waals surface area contributed by atoms with E-state index in [2.05, 4.69) is 9.55 Å². The quantitative estimate of drug-likeness (QED) is 0.333. The van der Waals surface area contributed by atoms with E-state index in [9.17, 15) is 9.59 Å². The smallest absolute Gasteiger partial charge is 0.297 e. The lowest BCUT2D eigenvalue weighted by molar-refractivity contribution is 0.0970. The standard InChI is InChI=1S/C27H25N3O4/c1-17-14-22(18(2)30(17)13-12-19-8-10-20(33-3)11-9-19)23(31)15-29-16-28-25-21-6-4-5-7-24(21)34-26(25)27(29)32/h4-11,14,16H,12-13,15H2,1-3H3. The molecule has 5 rings (SSSR count). The first-order valence-electron chi connectivity index (χ1n) is 11.2. The number of aryl methyl sites for hydroxylation is 2. The largest absolute Gasteiger partial charge is 0.497 e. The number of carbonyl (C=O) groups excluding carboxylic acids is 1. The van der Waals surface area contributed by atoms with Crippen LogP contribution in [0.25, 0.3) is 22.1 Å². The second-order valence-electron chi connectivity index (χ2n) is 8.41. The zero-order valence-corrected chi connectivity index (χ0v) is 19.4. The summed E-state index contributed by atoms with van der Waals surface area (Å²) in [7, 11) is 1.65. The van der Waals surface area contributed by atoms with Crippen LogP contribution in [0.4, 0.5) is 0 Å². The van der Waals surface area contributed by atoms with Gasteiger partial charge in [-0.3, -0.25) is 14.2 Å². The lowest BCUT2D eigenvalue weighted by atomic mass is 10.1. The minimum absolute atomic E-state index is 0.0956. The third-order valence-corrected chi connectivity index (χ3v) is 6.32. The number of furan rings is 1. The summed E-state index contributed by atoms with van der Waals surface area (Å²) in [6.07, 6.45) is 2.26. The number of ketones is 1. The predicted octanol–water partition coefficient (Wildman–Crippen LogP) is 4.70. The van der Waals surface area contributed by atoms with Crippen LogP contribution in [-0.4, -0.2) is 27.0 Å². The van der Waals surface area contributed by atoms with Crippen LogP contribution in [0.15, 0.2) is 70.1 Å². The van der Waals surface area contributed by atoms with Crippen LogP contribution in [0.2, 0.25) is 0 Å². The van der Waals surface area contributed by atoms with Crippen molar-refractivity contribution >= 4 is 27.9 Å². The van der Waals surface area contributed by atoms with E-state index in [1.165, 1.54) is 16.5 Å². The summed E-state index contributed by atoms with van der Waals surface area (Å²) < 4.78 is 14.4. The second kappa shape index (κ2) is 8.67. The zero-order chi connectivity index (χ0) is 23.8. The number of carbonyl (C=O) groups is 1. The van der Waals surface area contributed by atoms with Gasteiger partial charge in [0.15, 0.2) is 5.78 Å². The molecule has 0 aliphatic carbocycles. The van der Waals surface area contributed by atoms with Crippen molar-refractivity contribution in [3.05, 3.63) is 93.8 Å². The summed E-state index contributed by atoms with van der Waals surface area (Å²) in [5.41, 5.74) is 4.63. The Kier molecular flexibility index (Phi) is 5.53. The molecule has 0 aliphatic heterocycles. The summed E-state index contributed by atoms with van der Waals surface area (Å²) >= 11 is 0. The average molecular weight is 456 g/mol. The van der Waals surface area contributed by atoms with Crippen LogP contribution in [0.1, 0.15) is 27.3 Å². The van der Waals surface area contributed by atoms with E-state index >= 15 is 0 Å². The van der Waals surface area contributed by atoms with Crippen molar-refractivity contribution < 1.29 is 13.9 Å². The maximum absolute atomic E-state index is 13.2. The lowest BCUT2D eigenvalue weighted by Gasteiger charge is -2.10. The van der Waals surface area contributed by atoms with Crippen molar-refractivity contribution in [1.29, 1.82) is 0 Å². The number of methoxy groups -OCH3 is 1. The summed E-state index contributed by atoms with van der Waals surface area (Å²) in [5.74, 6) is 0.693. The van der Waals surface area contributed by atoms with Crippen molar-refractivity contribution in [1.82, 2.24) is 14.1 Å². The summed E-state index contributed by atoms with van der Waals surface area (Å²) in [4.78, 5) is 30.6. The third-order valence-electron chi connectivity index (χ3n) is 6.32. The Morgan fingerprint density at radius 1 is 1.09 bits per heavy atom. The molecule has 0 aliphatic rings. The molecule has 0 N–H and O–H groups in total. The van der Waals surface area contributed by atoms with E-state index in [-0.39, 0.29) is 23.5 Å². The van der Waals surface area contributed by atoms with Crippen molar-refractivity contribution in [2.45, 2.75) is 33.4 Å². The van der Waals surface area contributed by atoms with Crippen LogP contribution in [-0.2, 0) is 19.5 Å². The third kappa shape index (κ3) is 3.79. The van der Waals surface area contributed by atoms with E-state index in [0.717, 1.165) is 35.5 Å². The number of nitrogens with zero attached hydrogens (tertiary/aromatic N) is 3. The molecule has 0 saturated carbocycles. The van der Waals surface area contributed by atoms with Gasteiger partial charge >= 0.3 is 0 Å². The van der Waals surface area contributed by atoms with E-state index < -0.39 is 0 Å². The zero-order valence-electron chi connectivity index (χ0n) is 19.4. The van der Waals surface area contributed by atoms with Crippen LogP contribution in [0.3, 0.4) is 0 Å². The highest BCUT2D eigenvalue weighted by atomic mass is 16.5. The monoisotopic (exact) mass is 455 g/mol. The minimum atomic E-state index is -0.358. The molecular formula is C27H25N3O4. The normalized spacial score (nSPS) is 11.4. The first-order chi connectivity index (χ1) is 16.5. The number of ether oxygens (including phenoxy) is 1. The Hall–Kier alpha value is -4.13. The molecule has 2 aromatic carbocycles. The van der Waals surface area contributed by atoms with Crippen LogP contribution < -0.4 is 10.3 Å². The topological polar surface area (TPSA) is 79.3 Å². The molecule has 0 bridgehead atoms. The van der Waals surface area contributed by atoms with Gasteiger partial charge in [0.1, 0.15) is 16.8 Å². The maximum atomic E-state index is 13.2. The van der Waals surface area contributed by atoms with E-state index in [1.807, 2.05) is 62.4 Å². The van der Waals surface area contributed by atoms with Gasteiger partial charge in [0.2, 0.25) is 5.58 Å². The number of Topliss-reactive ketones (excluding diaryl/α,β-unsaturated/α-hetero) is 1. The van der Waals surface area contributed by atoms with Gasteiger partial charge in [0.05, 0.1) is 20.0 Å². The van der Waals surface area contributed by atoms with Gasteiger partial charge in [0, 0.05) is 28.9 Å². The summed E-state index contributed by atoms with van der Waals surface area (Å²) in [6, 6.07) is 17.3. The molecule has 0 amide bonds. The molecule has 0 unspecified atom stereocenters. The Bertz CT molecular complexity index is 1570. The Balaban J connectivity index is 1.37. The fourth-order valence-electron chi connectivity index (χ4n) is 4.43. The van der Waals surface area contributed by atoms with Crippen molar-refractivity contribution in [3.8, 4) is 5.75 Å². The number of rotatable bonds is 7. The number of aromatic nitrogens is 3. The number of hydrogen-bond donors (Lipinski definition) is 0. The fourth-order valence-corrected chi connectivity index (χ4v) is 4.43. The molecule has 3 aromatic heterocycles. The van der Waals surface area contributed by atoms with Gasteiger partial charge in [-0.15, -0.1) is 0 Å². The molecule has 7 heteroatoms. The molecule has 0 spiro atoms. The second-order valence-corrected chi connectivity index (χ2v) is 8.41. The Labute approximate surface area is 196 Å². The summed E-state index contributed by atoms with van der Waals surface area (Å²) in [5, 5.41) is 0.786. The van der Waals surface area contributed by atoms with Gasteiger partial charge in [-0.05, 0) is 56.2 Å². The van der Waals surface area contributed by atoms with E-state index in [4.69, 9.17) is 9.15 Å². The highest BCUT2D eigenvalue weighted by molar-refractivity contribution is 6.02. The van der Waals surface area contributed by atoms with Crippen molar-refractivity contribution in [3.63, 3.8) is 0 Å². The number of fused-ring (bicyclic) bond motifs is 3. The van der Waals surface area contributed by atoms with Crippen LogP contribution in [0, 0.1) is 13.8 Å². The SMILES string of the molecule is COc1ccc(CCn2c(C)cc(C(=O)Cn3cnc4c(oc5ccccc54)c3=O)c2C)cc1. The lowest BCUT2D eigenvalue weighted by Crippen LogP contribution is -2.24. The number of hydrogen-bond acceptors (Lipinski definition) is 5. The summed E-state index contributed by atoms with van der Waals surface area (Å²) in [6.45, 7) is 4.59. The molecular weight excluding hydrogens is 430 g/mol. The minimum Gasteiger partial charge on any atom is -0.497 e. The number of benzene rings is 2. The molecule has 172 valence electrons. The first kappa shape index (κ1) is 21.7. The molecule has 0 atom stereocenters. The van der Waals surface area contributed by atoms with Crippen LogP contribution in [0.5, 0.6) is 5.75 Å². The molecule has 7 nitrogen and oxygen atoms in total. The Morgan fingerprint density at radius 3 is 2.62 bits per heavy atom. The van der Waals surface area contributed by atoms with E-state index in [0.29, 0.717) is 16.7 Å². The average Bonchev–Trinajstić information content (AvgIpc) is 3.37. The number of para-hydroxylation sites is 1. The molecule has 0 saturated heterocycles. The molecule has 3 heterocycles. The predicted molar refractivity (Wildman–Crippen MR) is 131 cm³/mol. The fraction of sp³-hybridized carbons (Fsp3) is 0.222. The van der Waals surface area contributed by atoms with Gasteiger partial charge in [-0.2, -0.15) is 0 Å². The van der Waals surface area contributed by atoms with Crippen LogP contribution >= 0.6 is 0 Å². The molecule has 0 fully saturated rings. The van der Waals surface area contributed by atoms with Gasteiger partial charge < -0.3 is 13.7 Å². The molecule has 0 radical (unpaired) electrons. The molecule has 34 heavy (non-hydrogen) atoms. The highest BCUT2D eigenvalue weighted by Crippen LogP contribution is 2.24. The van der Waals surface area contributed by atoms with Gasteiger partial charge in [-0.1, -0.05) is 24.3 Å². The Morgan fingerprint density at radius 2 is 1.85 bits per heavy atom. The van der Waals surface area contributed by atoms with Gasteiger partial charge in [-0.25, -0.2) is 4.98 Å². The highest BCUT2D eigenvalue weighted by Gasteiger charge is 2.19. The maximum Gasteiger partial charge on any atom is 0.297 e. The van der Waals surface area contributed by atoms with E-state index in [1.54, 1.807) is 13.2 Å². The van der Waals surface area contributed by atoms with Crippen molar-refractivity contribution in [2.24, 2.45) is 0 Å². The van der Waals surface area contributed by atoms with Gasteiger partial charge in [0.25, 0.3) is 5.56 Å².